The van der Waals surface area contributed by atoms with Gasteiger partial charge < -0.3 is 9.80 Å². The van der Waals surface area contributed by atoms with Gasteiger partial charge >= 0.3 is 0 Å². The first-order valence-corrected chi connectivity index (χ1v) is 5.63. The number of nitrogens with zero attached hydrogens (tertiary/aromatic N) is 2. The van der Waals surface area contributed by atoms with Gasteiger partial charge in [-0.1, -0.05) is 13.8 Å². The fourth-order valence-electron chi connectivity index (χ4n) is 2.34. The first-order chi connectivity index (χ1) is 6.19. The quantitative estimate of drug-likeness (QED) is 0.660. The summed E-state index contributed by atoms with van der Waals surface area (Å²) < 4.78 is 0. The van der Waals surface area contributed by atoms with Gasteiger partial charge in [0, 0.05) is 12.1 Å². The Balaban J connectivity index is 2.44. The Morgan fingerprint density at radius 3 is 2.38 bits per heavy atom. The number of rotatable bonds is 3. The smallest absolute Gasteiger partial charge is 0.0122 e. The van der Waals surface area contributed by atoms with Crippen molar-refractivity contribution in [3.05, 3.63) is 0 Å². The molecule has 0 N–H and O–H groups in total. The maximum Gasteiger partial charge on any atom is 0.0122 e. The number of piperidine rings is 1. The van der Waals surface area contributed by atoms with Crippen molar-refractivity contribution in [2.24, 2.45) is 0 Å². The van der Waals surface area contributed by atoms with Crippen LogP contribution >= 0.6 is 0 Å². The average molecular weight is 184 g/mol. The van der Waals surface area contributed by atoms with Crippen LogP contribution in [-0.4, -0.2) is 48.6 Å². The van der Waals surface area contributed by atoms with Crippen LogP contribution in [0.3, 0.4) is 0 Å². The first-order valence-electron chi connectivity index (χ1n) is 5.63. The fraction of sp³-hybridized carbons (Fsp3) is 1.00. The van der Waals surface area contributed by atoms with Crippen molar-refractivity contribution < 1.29 is 0 Å². The summed E-state index contributed by atoms with van der Waals surface area (Å²) in [6.07, 6.45) is 2.70. The normalized spacial score (nSPS) is 31.2. The van der Waals surface area contributed by atoms with Gasteiger partial charge in [-0.3, -0.25) is 0 Å². The van der Waals surface area contributed by atoms with Crippen molar-refractivity contribution in [2.75, 3.05) is 26.7 Å². The molecule has 2 atom stereocenters. The molecule has 1 heterocycles. The van der Waals surface area contributed by atoms with Gasteiger partial charge in [-0.25, -0.2) is 0 Å². The van der Waals surface area contributed by atoms with Crippen LogP contribution in [0, 0.1) is 0 Å². The van der Waals surface area contributed by atoms with Gasteiger partial charge in [0.2, 0.25) is 0 Å². The van der Waals surface area contributed by atoms with Crippen molar-refractivity contribution in [3.63, 3.8) is 0 Å². The molecule has 0 radical (unpaired) electrons. The second-order valence-corrected chi connectivity index (χ2v) is 4.23. The second kappa shape index (κ2) is 4.97. The van der Waals surface area contributed by atoms with Crippen LogP contribution in [0.15, 0.2) is 0 Å². The van der Waals surface area contributed by atoms with E-state index < -0.39 is 0 Å². The summed E-state index contributed by atoms with van der Waals surface area (Å²) in [6.45, 7) is 10.6. The highest BCUT2D eigenvalue weighted by Gasteiger charge is 2.25. The van der Waals surface area contributed by atoms with E-state index in [1.54, 1.807) is 0 Å². The predicted molar refractivity (Wildman–Crippen MR) is 58.0 cm³/mol. The maximum absolute atomic E-state index is 2.60. The molecule has 0 aliphatic carbocycles. The van der Waals surface area contributed by atoms with E-state index in [0.717, 1.165) is 12.1 Å². The van der Waals surface area contributed by atoms with Gasteiger partial charge in [0.05, 0.1) is 0 Å². The van der Waals surface area contributed by atoms with Gasteiger partial charge in [0.1, 0.15) is 0 Å². The molecule has 2 nitrogen and oxygen atoms in total. The Morgan fingerprint density at radius 2 is 1.92 bits per heavy atom. The Hall–Kier alpha value is -0.0800. The zero-order valence-electron chi connectivity index (χ0n) is 9.58. The molecule has 0 aromatic heterocycles. The lowest BCUT2D eigenvalue weighted by Crippen LogP contribution is -2.47. The summed E-state index contributed by atoms with van der Waals surface area (Å²) in [6, 6.07) is 1.60. The molecule has 0 aromatic rings. The predicted octanol–water partition coefficient (Wildman–Crippen LogP) is 1.81. The van der Waals surface area contributed by atoms with Gasteiger partial charge in [-0.15, -0.1) is 0 Å². The Bertz CT molecular complexity index is 143. The minimum atomic E-state index is 0.763. The zero-order valence-corrected chi connectivity index (χ0v) is 9.58. The molecule has 0 spiro atoms. The molecular weight excluding hydrogens is 160 g/mol. The van der Waals surface area contributed by atoms with E-state index in [2.05, 4.69) is 37.6 Å². The molecule has 13 heavy (non-hydrogen) atoms. The SMILES string of the molecule is CCN(CC)C1CCN(C)C(C)C1. The summed E-state index contributed by atoms with van der Waals surface area (Å²) in [4.78, 5) is 5.07. The van der Waals surface area contributed by atoms with Crippen LogP contribution in [-0.2, 0) is 0 Å². The molecule has 0 bridgehead atoms. The van der Waals surface area contributed by atoms with Gasteiger partial charge in [0.25, 0.3) is 0 Å². The topological polar surface area (TPSA) is 6.48 Å². The van der Waals surface area contributed by atoms with Gasteiger partial charge in [-0.05, 0) is 46.4 Å². The summed E-state index contributed by atoms with van der Waals surface area (Å²) in [5, 5.41) is 0. The van der Waals surface area contributed by atoms with Crippen LogP contribution < -0.4 is 0 Å². The summed E-state index contributed by atoms with van der Waals surface area (Å²) in [5.41, 5.74) is 0. The first kappa shape index (κ1) is 11.0. The van der Waals surface area contributed by atoms with Crippen molar-refractivity contribution in [3.8, 4) is 0 Å². The van der Waals surface area contributed by atoms with Crippen LogP contribution in [0.5, 0.6) is 0 Å². The van der Waals surface area contributed by atoms with E-state index >= 15 is 0 Å². The zero-order chi connectivity index (χ0) is 9.84. The largest absolute Gasteiger partial charge is 0.304 e. The van der Waals surface area contributed by atoms with E-state index in [9.17, 15) is 0 Å². The number of hydrogen-bond donors (Lipinski definition) is 0. The molecule has 0 aromatic carbocycles. The third-order valence-electron chi connectivity index (χ3n) is 3.51. The highest BCUT2D eigenvalue weighted by atomic mass is 15.2. The highest BCUT2D eigenvalue weighted by molar-refractivity contribution is 4.82. The third kappa shape index (κ3) is 2.68. The van der Waals surface area contributed by atoms with E-state index in [1.165, 1.54) is 32.5 Å². The molecule has 2 unspecified atom stereocenters. The third-order valence-corrected chi connectivity index (χ3v) is 3.51. The Kier molecular flexibility index (Phi) is 4.20. The standard InChI is InChI=1S/C11H24N2/c1-5-13(6-2)11-7-8-12(4)10(3)9-11/h10-11H,5-9H2,1-4H3. The molecule has 78 valence electrons. The molecule has 1 rings (SSSR count). The van der Waals surface area contributed by atoms with Crippen molar-refractivity contribution in [1.29, 1.82) is 0 Å². The molecule has 0 saturated carbocycles. The van der Waals surface area contributed by atoms with Gasteiger partial charge in [0.15, 0.2) is 0 Å². The molecule has 1 aliphatic rings. The van der Waals surface area contributed by atoms with Crippen LogP contribution in [0.1, 0.15) is 33.6 Å². The lowest BCUT2D eigenvalue weighted by molar-refractivity contribution is 0.0950. The molecular formula is C11H24N2. The summed E-state index contributed by atoms with van der Waals surface area (Å²) in [5.74, 6) is 0. The van der Waals surface area contributed by atoms with Crippen molar-refractivity contribution >= 4 is 0 Å². The van der Waals surface area contributed by atoms with E-state index in [0.29, 0.717) is 0 Å². The lowest BCUT2D eigenvalue weighted by atomic mass is 9.97. The van der Waals surface area contributed by atoms with Crippen LogP contribution in [0.4, 0.5) is 0 Å². The van der Waals surface area contributed by atoms with E-state index in [1.807, 2.05) is 0 Å². The van der Waals surface area contributed by atoms with Crippen molar-refractivity contribution in [1.82, 2.24) is 9.80 Å². The minimum Gasteiger partial charge on any atom is -0.304 e. The molecule has 1 aliphatic heterocycles. The monoisotopic (exact) mass is 184 g/mol. The minimum absolute atomic E-state index is 0.763. The van der Waals surface area contributed by atoms with E-state index in [4.69, 9.17) is 0 Å². The van der Waals surface area contributed by atoms with Crippen LogP contribution in [0.25, 0.3) is 0 Å². The van der Waals surface area contributed by atoms with Crippen molar-refractivity contribution in [2.45, 2.75) is 45.7 Å². The maximum atomic E-state index is 2.60. The number of likely N-dealkylation sites (tertiary alicyclic amines) is 1. The summed E-state index contributed by atoms with van der Waals surface area (Å²) in [7, 11) is 2.24. The van der Waals surface area contributed by atoms with Crippen LogP contribution in [0.2, 0.25) is 0 Å². The highest BCUT2D eigenvalue weighted by Crippen LogP contribution is 2.19. The molecule has 0 amide bonds. The Labute approximate surface area is 82.9 Å². The molecule has 1 fully saturated rings. The Morgan fingerprint density at radius 1 is 1.31 bits per heavy atom. The molecule has 1 saturated heterocycles. The number of hydrogen-bond acceptors (Lipinski definition) is 2. The second-order valence-electron chi connectivity index (χ2n) is 4.23. The molecule has 2 heteroatoms. The summed E-state index contributed by atoms with van der Waals surface area (Å²) >= 11 is 0. The lowest BCUT2D eigenvalue weighted by Gasteiger charge is -2.40. The van der Waals surface area contributed by atoms with E-state index in [-0.39, 0.29) is 0 Å². The fourth-order valence-corrected chi connectivity index (χ4v) is 2.34. The average Bonchev–Trinajstić information content (AvgIpc) is 2.13. The van der Waals surface area contributed by atoms with Gasteiger partial charge in [-0.2, -0.15) is 0 Å².